The summed E-state index contributed by atoms with van der Waals surface area (Å²) < 4.78 is 5.63. The van der Waals surface area contributed by atoms with E-state index >= 15 is 0 Å². The fourth-order valence-corrected chi connectivity index (χ4v) is 3.17. The lowest BCUT2D eigenvalue weighted by Gasteiger charge is -2.29. The van der Waals surface area contributed by atoms with Crippen LogP contribution < -0.4 is 10.1 Å². The summed E-state index contributed by atoms with van der Waals surface area (Å²) in [6.45, 7) is 4.78. The van der Waals surface area contributed by atoms with E-state index in [1.165, 1.54) is 0 Å². The predicted octanol–water partition coefficient (Wildman–Crippen LogP) is 1.77. The lowest BCUT2D eigenvalue weighted by atomic mass is 10.0. The van der Waals surface area contributed by atoms with Gasteiger partial charge in [-0.2, -0.15) is 0 Å². The standard InChI is InChI=1S/C17H23N3O3/c1-13(21)19-8-4-9-20(11-10-19)17(22)18-15-7-12-23-16-6-3-2-5-14(15)16/h2-3,5-6,15H,4,7-12H2,1H3,(H,18,22)/t15-/m1/s1. The zero-order chi connectivity index (χ0) is 16.2. The van der Waals surface area contributed by atoms with E-state index in [0.717, 1.165) is 30.7 Å². The van der Waals surface area contributed by atoms with E-state index in [2.05, 4.69) is 5.32 Å². The zero-order valence-corrected chi connectivity index (χ0v) is 13.5. The molecule has 0 bridgehead atoms. The molecule has 1 saturated heterocycles. The van der Waals surface area contributed by atoms with Gasteiger partial charge in [0.1, 0.15) is 5.75 Å². The quantitative estimate of drug-likeness (QED) is 0.859. The molecule has 3 amide bonds. The Labute approximate surface area is 136 Å². The molecule has 0 spiro atoms. The van der Waals surface area contributed by atoms with E-state index in [1.807, 2.05) is 24.3 Å². The van der Waals surface area contributed by atoms with Crippen LogP contribution in [-0.2, 0) is 4.79 Å². The minimum Gasteiger partial charge on any atom is -0.493 e. The maximum Gasteiger partial charge on any atom is 0.317 e. The second-order valence-electron chi connectivity index (χ2n) is 6.02. The van der Waals surface area contributed by atoms with E-state index in [4.69, 9.17) is 4.74 Å². The summed E-state index contributed by atoms with van der Waals surface area (Å²) in [5.74, 6) is 0.924. The minimum absolute atomic E-state index is 0.0142. The van der Waals surface area contributed by atoms with E-state index in [-0.39, 0.29) is 18.0 Å². The van der Waals surface area contributed by atoms with Gasteiger partial charge in [-0.1, -0.05) is 18.2 Å². The van der Waals surface area contributed by atoms with Crippen LogP contribution in [0.1, 0.15) is 31.4 Å². The number of urea groups is 1. The van der Waals surface area contributed by atoms with Crippen LogP contribution >= 0.6 is 0 Å². The van der Waals surface area contributed by atoms with Gasteiger partial charge in [0, 0.05) is 45.1 Å². The molecule has 2 aliphatic heterocycles. The molecular weight excluding hydrogens is 294 g/mol. The Morgan fingerprint density at radius 1 is 1.13 bits per heavy atom. The van der Waals surface area contributed by atoms with E-state index in [0.29, 0.717) is 26.2 Å². The van der Waals surface area contributed by atoms with Crippen LogP contribution in [0.5, 0.6) is 5.75 Å². The van der Waals surface area contributed by atoms with Crippen molar-refractivity contribution >= 4 is 11.9 Å². The van der Waals surface area contributed by atoms with Crippen LogP contribution in [0.3, 0.4) is 0 Å². The first kappa shape index (κ1) is 15.6. The highest BCUT2D eigenvalue weighted by molar-refractivity contribution is 5.76. The first-order chi connectivity index (χ1) is 11.1. The lowest BCUT2D eigenvalue weighted by molar-refractivity contribution is -0.128. The maximum atomic E-state index is 12.6. The van der Waals surface area contributed by atoms with Crippen LogP contribution in [0, 0.1) is 0 Å². The second-order valence-corrected chi connectivity index (χ2v) is 6.02. The van der Waals surface area contributed by atoms with Crippen LogP contribution in [0.25, 0.3) is 0 Å². The Morgan fingerprint density at radius 2 is 1.87 bits per heavy atom. The van der Waals surface area contributed by atoms with Crippen molar-refractivity contribution in [1.82, 2.24) is 15.1 Å². The Kier molecular flexibility index (Phi) is 4.69. The number of nitrogens with one attached hydrogen (secondary N) is 1. The van der Waals surface area contributed by atoms with Gasteiger partial charge in [-0.05, 0) is 12.5 Å². The molecule has 124 valence electrons. The van der Waals surface area contributed by atoms with Crippen molar-refractivity contribution in [2.45, 2.75) is 25.8 Å². The molecule has 6 nitrogen and oxygen atoms in total. The zero-order valence-electron chi connectivity index (χ0n) is 13.5. The van der Waals surface area contributed by atoms with Crippen molar-refractivity contribution in [3.05, 3.63) is 29.8 Å². The molecule has 1 aromatic carbocycles. The van der Waals surface area contributed by atoms with Gasteiger partial charge in [0.2, 0.25) is 5.91 Å². The van der Waals surface area contributed by atoms with Gasteiger partial charge in [0.25, 0.3) is 0 Å². The molecule has 23 heavy (non-hydrogen) atoms. The largest absolute Gasteiger partial charge is 0.493 e. The van der Waals surface area contributed by atoms with Crippen molar-refractivity contribution in [1.29, 1.82) is 0 Å². The fraction of sp³-hybridized carbons (Fsp3) is 0.529. The van der Waals surface area contributed by atoms with Crippen molar-refractivity contribution in [3.8, 4) is 5.75 Å². The molecule has 0 saturated carbocycles. The Morgan fingerprint density at radius 3 is 2.70 bits per heavy atom. The van der Waals surface area contributed by atoms with Crippen LogP contribution in [0.2, 0.25) is 0 Å². The summed E-state index contributed by atoms with van der Waals surface area (Å²) in [5.41, 5.74) is 1.03. The van der Waals surface area contributed by atoms with Crippen LogP contribution in [0.15, 0.2) is 24.3 Å². The highest BCUT2D eigenvalue weighted by Crippen LogP contribution is 2.31. The summed E-state index contributed by atoms with van der Waals surface area (Å²) in [5, 5.41) is 3.12. The van der Waals surface area contributed by atoms with Gasteiger partial charge in [0.05, 0.1) is 12.6 Å². The minimum atomic E-state index is -0.0582. The van der Waals surface area contributed by atoms with Crippen LogP contribution in [0.4, 0.5) is 4.79 Å². The maximum absolute atomic E-state index is 12.6. The topological polar surface area (TPSA) is 61.9 Å². The summed E-state index contributed by atoms with van der Waals surface area (Å²) in [6.07, 6.45) is 1.59. The molecule has 1 atom stereocenters. The first-order valence-corrected chi connectivity index (χ1v) is 8.18. The molecule has 1 N–H and O–H groups in total. The van der Waals surface area contributed by atoms with Crippen molar-refractivity contribution < 1.29 is 14.3 Å². The number of carbonyl (C=O) groups excluding carboxylic acids is 2. The normalized spacial score (nSPS) is 21.0. The molecule has 0 unspecified atom stereocenters. The SMILES string of the molecule is CC(=O)N1CCCN(C(=O)N[C@@H]2CCOc3ccccc32)CC1. The summed E-state index contributed by atoms with van der Waals surface area (Å²) in [7, 11) is 0. The Balaban J connectivity index is 1.63. The lowest BCUT2D eigenvalue weighted by Crippen LogP contribution is -2.44. The van der Waals surface area contributed by atoms with Gasteiger partial charge in [-0.15, -0.1) is 0 Å². The average molecular weight is 317 g/mol. The molecule has 6 heteroatoms. The number of nitrogens with zero attached hydrogens (tertiary/aromatic N) is 2. The average Bonchev–Trinajstić information content (AvgIpc) is 2.81. The van der Waals surface area contributed by atoms with E-state index < -0.39 is 0 Å². The van der Waals surface area contributed by atoms with Crippen molar-refractivity contribution in [2.24, 2.45) is 0 Å². The molecule has 0 radical (unpaired) electrons. The third-order valence-electron chi connectivity index (χ3n) is 4.48. The third kappa shape index (κ3) is 3.57. The van der Waals surface area contributed by atoms with E-state index in [9.17, 15) is 9.59 Å². The van der Waals surface area contributed by atoms with Gasteiger partial charge in [0.15, 0.2) is 0 Å². The Bertz CT molecular complexity index is 590. The number of benzene rings is 1. The molecule has 3 rings (SSSR count). The molecule has 1 aromatic rings. The molecule has 2 heterocycles. The summed E-state index contributed by atoms with van der Waals surface area (Å²) in [4.78, 5) is 27.7. The third-order valence-corrected chi connectivity index (χ3v) is 4.48. The Hall–Kier alpha value is -2.24. The van der Waals surface area contributed by atoms with Crippen molar-refractivity contribution in [3.63, 3.8) is 0 Å². The van der Waals surface area contributed by atoms with Gasteiger partial charge in [-0.25, -0.2) is 4.79 Å². The summed E-state index contributed by atoms with van der Waals surface area (Å²) in [6, 6.07) is 7.76. The fourth-order valence-electron chi connectivity index (χ4n) is 3.17. The van der Waals surface area contributed by atoms with Gasteiger partial charge in [-0.3, -0.25) is 4.79 Å². The van der Waals surface area contributed by atoms with Gasteiger partial charge < -0.3 is 19.9 Å². The van der Waals surface area contributed by atoms with Gasteiger partial charge >= 0.3 is 6.03 Å². The predicted molar refractivity (Wildman–Crippen MR) is 86.3 cm³/mol. The monoisotopic (exact) mass is 317 g/mol. The number of carbonyl (C=O) groups is 2. The second kappa shape index (κ2) is 6.89. The number of para-hydroxylation sites is 1. The highest BCUT2D eigenvalue weighted by Gasteiger charge is 2.26. The number of amides is 3. The summed E-state index contributed by atoms with van der Waals surface area (Å²) >= 11 is 0. The number of fused-ring (bicyclic) bond motifs is 1. The molecule has 0 aromatic heterocycles. The number of hydrogen-bond donors (Lipinski definition) is 1. The van der Waals surface area contributed by atoms with E-state index in [1.54, 1.807) is 16.7 Å². The smallest absolute Gasteiger partial charge is 0.317 e. The molecule has 0 aliphatic carbocycles. The number of rotatable bonds is 1. The number of ether oxygens (including phenoxy) is 1. The molecular formula is C17H23N3O3. The highest BCUT2D eigenvalue weighted by atomic mass is 16.5. The first-order valence-electron chi connectivity index (χ1n) is 8.18. The number of hydrogen-bond acceptors (Lipinski definition) is 3. The van der Waals surface area contributed by atoms with Crippen molar-refractivity contribution in [2.75, 3.05) is 32.8 Å². The molecule has 2 aliphatic rings. The van der Waals surface area contributed by atoms with Crippen LogP contribution in [-0.4, -0.2) is 54.5 Å². The molecule has 1 fully saturated rings.